The fourth-order valence-electron chi connectivity index (χ4n) is 4.35. The number of hydrogen-bond donors (Lipinski definition) is 1. The number of amides is 1. The number of carbonyl (C=O) groups excluding carboxylic acids is 1. The van der Waals surface area contributed by atoms with E-state index in [4.69, 9.17) is 16.3 Å². The van der Waals surface area contributed by atoms with Crippen LogP contribution in [0.25, 0.3) is 10.8 Å². The molecule has 0 aliphatic heterocycles. The van der Waals surface area contributed by atoms with Crippen LogP contribution in [-0.2, 0) is 10.2 Å². The van der Waals surface area contributed by atoms with Gasteiger partial charge in [-0.1, -0.05) is 66.9 Å². The minimum Gasteiger partial charge on any atom is -0.493 e. The van der Waals surface area contributed by atoms with Crippen LogP contribution in [0, 0.1) is 0 Å². The number of carbonyl (C=O) groups is 1. The average Bonchev–Trinajstić information content (AvgIpc) is 3.21. The second-order valence-corrected chi connectivity index (χ2v) is 7.72. The Bertz CT molecular complexity index is 1010. The molecule has 0 radical (unpaired) electrons. The van der Waals surface area contributed by atoms with Gasteiger partial charge in [-0.25, -0.2) is 0 Å². The second-order valence-electron chi connectivity index (χ2n) is 7.31. The maximum absolute atomic E-state index is 13.5. The highest BCUT2D eigenvalue weighted by atomic mass is 35.5. The van der Waals surface area contributed by atoms with E-state index < -0.39 is 5.41 Å². The van der Waals surface area contributed by atoms with Gasteiger partial charge < -0.3 is 10.1 Å². The first-order valence-corrected chi connectivity index (χ1v) is 10.2. The predicted octanol–water partition coefficient (Wildman–Crippen LogP) is 6.34. The third-order valence-corrected chi connectivity index (χ3v) is 6.04. The summed E-state index contributed by atoms with van der Waals surface area (Å²) in [6.07, 6.45) is 3.69. The predicted molar refractivity (Wildman–Crippen MR) is 115 cm³/mol. The minimum absolute atomic E-state index is 0.0208. The lowest BCUT2D eigenvalue weighted by Gasteiger charge is -2.29. The molecule has 1 saturated carbocycles. The summed E-state index contributed by atoms with van der Waals surface area (Å²) >= 11 is 6.49. The quantitative estimate of drug-likeness (QED) is 0.549. The molecule has 0 saturated heterocycles. The van der Waals surface area contributed by atoms with Crippen LogP contribution < -0.4 is 10.1 Å². The van der Waals surface area contributed by atoms with Crippen LogP contribution in [0.4, 0.5) is 5.69 Å². The lowest BCUT2D eigenvalue weighted by molar-refractivity contribution is -0.121. The molecule has 0 unspecified atom stereocenters. The molecule has 0 bridgehead atoms. The smallest absolute Gasteiger partial charge is 0.235 e. The van der Waals surface area contributed by atoms with Gasteiger partial charge in [0.1, 0.15) is 5.75 Å². The van der Waals surface area contributed by atoms with Gasteiger partial charge in [0, 0.05) is 21.5 Å². The Kier molecular flexibility index (Phi) is 5.27. The van der Waals surface area contributed by atoms with E-state index in [1.807, 2.05) is 67.6 Å². The largest absolute Gasteiger partial charge is 0.493 e. The van der Waals surface area contributed by atoms with Crippen LogP contribution in [0.2, 0.25) is 5.02 Å². The number of halogens is 1. The van der Waals surface area contributed by atoms with E-state index >= 15 is 0 Å². The Balaban J connectivity index is 1.73. The molecular formula is C24H24ClNO2. The number of rotatable bonds is 5. The van der Waals surface area contributed by atoms with Crippen LogP contribution in [-0.4, -0.2) is 12.5 Å². The Morgan fingerprint density at radius 1 is 1.00 bits per heavy atom. The van der Waals surface area contributed by atoms with E-state index in [0.29, 0.717) is 11.6 Å². The Labute approximate surface area is 170 Å². The van der Waals surface area contributed by atoms with Gasteiger partial charge in [0.15, 0.2) is 0 Å². The molecule has 3 aromatic rings. The normalized spacial score (nSPS) is 15.5. The summed E-state index contributed by atoms with van der Waals surface area (Å²) in [5.41, 5.74) is 1.17. The summed E-state index contributed by atoms with van der Waals surface area (Å²) in [4.78, 5) is 13.5. The SMILES string of the molecule is CCOc1ccc(NC(=O)C2(c3ccccc3Cl)CCCC2)c2ccccc12. The molecule has 0 spiro atoms. The number of fused-ring (bicyclic) bond motifs is 1. The molecule has 1 aliphatic rings. The fraction of sp³-hybridized carbons (Fsp3) is 0.292. The first-order chi connectivity index (χ1) is 13.7. The number of benzene rings is 3. The molecule has 1 fully saturated rings. The third kappa shape index (κ3) is 3.24. The van der Waals surface area contributed by atoms with Crippen molar-refractivity contribution in [3.63, 3.8) is 0 Å². The number of hydrogen-bond acceptors (Lipinski definition) is 2. The minimum atomic E-state index is -0.571. The summed E-state index contributed by atoms with van der Waals surface area (Å²) in [5.74, 6) is 0.852. The molecule has 3 nitrogen and oxygen atoms in total. The van der Waals surface area contributed by atoms with E-state index in [0.717, 1.165) is 53.5 Å². The highest BCUT2D eigenvalue weighted by molar-refractivity contribution is 6.32. The molecular weight excluding hydrogens is 370 g/mol. The van der Waals surface area contributed by atoms with Gasteiger partial charge in [0.2, 0.25) is 5.91 Å². The molecule has 144 valence electrons. The van der Waals surface area contributed by atoms with E-state index in [-0.39, 0.29) is 5.91 Å². The summed E-state index contributed by atoms with van der Waals surface area (Å²) in [5, 5.41) is 5.85. The van der Waals surface area contributed by atoms with Crippen molar-refractivity contribution in [1.29, 1.82) is 0 Å². The van der Waals surface area contributed by atoms with E-state index in [2.05, 4.69) is 5.32 Å². The summed E-state index contributed by atoms with van der Waals surface area (Å²) in [7, 11) is 0. The molecule has 1 amide bonds. The van der Waals surface area contributed by atoms with Crippen molar-refractivity contribution in [3.05, 3.63) is 71.2 Å². The van der Waals surface area contributed by atoms with E-state index in [9.17, 15) is 4.79 Å². The van der Waals surface area contributed by atoms with Gasteiger partial charge in [-0.15, -0.1) is 0 Å². The fourth-order valence-corrected chi connectivity index (χ4v) is 4.67. The van der Waals surface area contributed by atoms with Crippen molar-refractivity contribution in [2.45, 2.75) is 38.0 Å². The van der Waals surface area contributed by atoms with Gasteiger partial charge in [0.05, 0.1) is 12.0 Å². The van der Waals surface area contributed by atoms with Crippen molar-refractivity contribution in [1.82, 2.24) is 0 Å². The number of nitrogens with one attached hydrogen (secondary N) is 1. The molecule has 0 atom stereocenters. The lowest BCUT2D eigenvalue weighted by Crippen LogP contribution is -2.38. The molecule has 0 heterocycles. The van der Waals surface area contributed by atoms with Gasteiger partial charge >= 0.3 is 0 Å². The van der Waals surface area contributed by atoms with Crippen molar-refractivity contribution in [2.75, 3.05) is 11.9 Å². The molecule has 4 rings (SSSR count). The molecule has 1 N–H and O–H groups in total. The standard InChI is InChI=1S/C24H24ClNO2/c1-2-28-22-14-13-21(17-9-3-4-10-18(17)22)26-23(27)24(15-7-8-16-24)19-11-5-6-12-20(19)25/h3-6,9-14H,2,7-8,15-16H2,1H3,(H,26,27). The number of anilines is 1. The lowest BCUT2D eigenvalue weighted by atomic mass is 9.77. The summed E-state index contributed by atoms with van der Waals surface area (Å²) in [6, 6.07) is 19.6. The second kappa shape index (κ2) is 7.84. The molecule has 1 aliphatic carbocycles. The highest BCUT2D eigenvalue weighted by Crippen LogP contribution is 2.45. The van der Waals surface area contributed by atoms with Crippen LogP contribution in [0.15, 0.2) is 60.7 Å². The first kappa shape index (κ1) is 18.8. The molecule has 0 aromatic heterocycles. The number of ether oxygens (including phenoxy) is 1. The maximum Gasteiger partial charge on any atom is 0.235 e. The van der Waals surface area contributed by atoms with Crippen LogP contribution in [0.1, 0.15) is 38.2 Å². The van der Waals surface area contributed by atoms with Gasteiger partial charge in [-0.2, -0.15) is 0 Å². The van der Waals surface area contributed by atoms with E-state index in [1.54, 1.807) is 0 Å². The maximum atomic E-state index is 13.5. The van der Waals surface area contributed by atoms with Crippen LogP contribution in [0.5, 0.6) is 5.75 Å². The molecule has 3 aromatic carbocycles. The van der Waals surface area contributed by atoms with Crippen LogP contribution in [0.3, 0.4) is 0 Å². The van der Waals surface area contributed by atoms with Gasteiger partial charge in [-0.05, 0) is 43.5 Å². The van der Waals surface area contributed by atoms with Crippen molar-refractivity contribution in [2.24, 2.45) is 0 Å². The monoisotopic (exact) mass is 393 g/mol. The highest BCUT2D eigenvalue weighted by Gasteiger charge is 2.44. The van der Waals surface area contributed by atoms with Gasteiger partial charge in [-0.3, -0.25) is 4.79 Å². The van der Waals surface area contributed by atoms with Crippen molar-refractivity contribution in [3.8, 4) is 5.75 Å². The molecule has 28 heavy (non-hydrogen) atoms. The topological polar surface area (TPSA) is 38.3 Å². The Morgan fingerprint density at radius 3 is 2.39 bits per heavy atom. The van der Waals surface area contributed by atoms with Crippen molar-refractivity contribution >= 4 is 34.0 Å². The van der Waals surface area contributed by atoms with Crippen LogP contribution >= 0.6 is 11.6 Å². The zero-order valence-corrected chi connectivity index (χ0v) is 16.8. The summed E-state index contributed by atoms with van der Waals surface area (Å²) < 4.78 is 5.75. The zero-order chi connectivity index (χ0) is 19.6. The summed E-state index contributed by atoms with van der Waals surface area (Å²) in [6.45, 7) is 2.57. The zero-order valence-electron chi connectivity index (χ0n) is 16.0. The van der Waals surface area contributed by atoms with Gasteiger partial charge in [0.25, 0.3) is 0 Å². The average molecular weight is 394 g/mol. The van der Waals surface area contributed by atoms with E-state index in [1.165, 1.54) is 0 Å². The first-order valence-electron chi connectivity index (χ1n) is 9.87. The Hall–Kier alpha value is -2.52. The third-order valence-electron chi connectivity index (χ3n) is 5.71. The van der Waals surface area contributed by atoms with Crippen molar-refractivity contribution < 1.29 is 9.53 Å². The Morgan fingerprint density at radius 2 is 1.68 bits per heavy atom. The molecule has 4 heteroatoms.